The van der Waals surface area contributed by atoms with Crippen molar-refractivity contribution in [3.63, 3.8) is 0 Å². The van der Waals surface area contributed by atoms with Crippen LogP contribution in [0.1, 0.15) is 49.5 Å². The van der Waals surface area contributed by atoms with E-state index in [1.807, 2.05) is 16.0 Å². The highest BCUT2D eigenvalue weighted by atomic mass is 32.1. The number of hydrogen-bond acceptors (Lipinski definition) is 4. The lowest BCUT2D eigenvalue weighted by molar-refractivity contribution is 0.111. The van der Waals surface area contributed by atoms with Crippen molar-refractivity contribution >= 4 is 28.4 Å². The highest BCUT2D eigenvalue weighted by molar-refractivity contribution is 7.15. The van der Waals surface area contributed by atoms with Crippen molar-refractivity contribution in [3.05, 3.63) is 17.3 Å². The van der Waals surface area contributed by atoms with E-state index >= 15 is 0 Å². The second-order valence-electron chi connectivity index (χ2n) is 5.13. The van der Waals surface area contributed by atoms with Crippen LogP contribution in [0, 0.1) is 0 Å². The monoisotopic (exact) mass is 277 g/mol. The third kappa shape index (κ3) is 2.16. The standard InChI is InChI=1S/C14H19N3OS/c1-2-5-11-6-3-4-7-16(11)13-12(10-18)17-8-9-19-14(17)15-13/h8-11H,2-7H2,1H3. The van der Waals surface area contributed by atoms with Crippen molar-refractivity contribution in [1.82, 2.24) is 9.38 Å². The van der Waals surface area contributed by atoms with E-state index in [0.29, 0.717) is 11.7 Å². The van der Waals surface area contributed by atoms with Crippen molar-refractivity contribution in [2.45, 2.75) is 45.1 Å². The first kappa shape index (κ1) is 12.7. The molecule has 2 aromatic rings. The number of aldehydes is 1. The Morgan fingerprint density at radius 2 is 2.42 bits per heavy atom. The topological polar surface area (TPSA) is 37.6 Å². The molecule has 0 aromatic carbocycles. The molecule has 0 spiro atoms. The molecule has 0 saturated carbocycles. The van der Waals surface area contributed by atoms with E-state index in [9.17, 15) is 4.79 Å². The number of imidazole rings is 1. The summed E-state index contributed by atoms with van der Waals surface area (Å²) in [5.74, 6) is 0.889. The number of hydrogen-bond donors (Lipinski definition) is 0. The lowest BCUT2D eigenvalue weighted by atomic mass is 9.98. The minimum absolute atomic E-state index is 0.544. The summed E-state index contributed by atoms with van der Waals surface area (Å²) in [6.45, 7) is 3.25. The van der Waals surface area contributed by atoms with Gasteiger partial charge in [-0.15, -0.1) is 11.3 Å². The Morgan fingerprint density at radius 1 is 1.53 bits per heavy atom. The Labute approximate surface area is 117 Å². The van der Waals surface area contributed by atoms with E-state index in [-0.39, 0.29) is 0 Å². The van der Waals surface area contributed by atoms with Gasteiger partial charge in [0.25, 0.3) is 0 Å². The number of nitrogens with zero attached hydrogens (tertiary/aromatic N) is 3. The zero-order chi connectivity index (χ0) is 13.2. The molecule has 19 heavy (non-hydrogen) atoms. The lowest BCUT2D eigenvalue weighted by Crippen LogP contribution is -2.40. The molecule has 4 nitrogen and oxygen atoms in total. The predicted octanol–water partition coefficient (Wildman–Crippen LogP) is 3.37. The SMILES string of the molecule is CCCC1CCCCN1c1nc2sccn2c1C=O. The van der Waals surface area contributed by atoms with Gasteiger partial charge in [-0.2, -0.15) is 0 Å². The van der Waals surface area contributed by atoms with Crippen molar-refractivity contribution < 1.29 is 4.79 Å². The number of fused-ring (bicyclic) bond motifs is 1. The van der Waals surface area contributed by atoms with E-state index in [0.717, 1.165) is 23.6 Å². The van der Waals surface area contributed by atoms with Gasteiger partial charge in [0.2, 0.25) is 0 Å². The van der Waals surface area contributed by atoms with E-state index in [1.165, 1.54) is 32.1 Å². The molecule has 5 heteroatoms. The molecule has 1 fully saturated rings. The number of thiazole rings is 1. The Bertz CT molecular complexity index is 572. The van der Waals surface area contributed by atoms with Crippen LogP contribution in [0.15, 0.2) is 11.6 Å². The van der Waals surface area contributed by atoms with E-state index in [2.05, 4.69) is 16.8 Å². The molecule has 102 valence electrons. The highest BCUT2D eigenvalue weighted by Gasteiger charge is 2.27. The van der Waals surface area contributed by atoms with Crippen LogP contribution in [0.3, 0.4) is 0 Å². The van der Waals surface area contributed by atoms with Gasteiger partial charge in [-0.3, -0.25) is 9.20 Å². The number of anilines is 1. The zero-order valence-corrected chi connectivity index (χ0v) is 12.0. The van der Waals surface area contributed by atoms with Crippen LogP contribution < -0.4 is 4.90 Å². The Balaban J connectivity index is 2.01. The fraction of sp³-hybridized carbons (Fsp3) is 0.571. The van der Waals surface area contributed by atoms with Crippen molar-refractivity contribution in [2.24, 2.45) is 0 Å². The molecule has 0 amide bonds. The average molecular weight is 277 g/mol. The van der Waals surface area contributed by atoms with Gasteiger partial charge in [-0.25, -0.2) is 4.98 Å². The van der Waals surface area contributed by atoms with Crippen molar-refractivity contribution in [2.75, 3.05) is 11.4 Å². The fourth-order valence-corrected chi connectivity index (χ4v) is 3.74. The van der Waals surface area contributed by atoms with Crippen LogP contribution in [0.5, 0.6) is 0 Å². The summed E-state index contributed by atoms with van der Waals surface area (Å²) in [4.78, 5) is 19.4. The van der Waals surface area contributed by atoms with Crippen LogP contribution in [-0.2, 0) is 0 Å². The summed E-state index contributed by atoms with van der Waals surface area (Å²) in [6, 6.07) is 0.544. The molecule has 3 rings (SSSR count). The summed E-state index contributed by atoms with van der Waals surface area (Å²) in [5.41, 5.74) is 0.708. The maximum Gasteiger partial charge on any atom is 0.196 e. The number of piperidine rings is 1. The highest BCUT2D eigenvalue weighted by Crippen LogP contribution is 2.30. The fourth-order valence-electron chi connectivity index (χ4n) is 3.03. The minimum Gasteiger partial charge on any atom is -0.352 e. The first-order valence-corrected chi connectivity index (χ1v) is 7.90. The smallest absolute Gasteiger partial charge is 0.196 e. The number of aromatic nitrogens is 2. The van der Waals surface area contributed by atoms with Gasteiger partial charge < -0.3 is 4.90 Å². The summed E-state index contributed by atoms with van der Waals surface area (Å²) in [6.07, 6.45) is 8.95. The maximum absolute atomic E-state index is 11.4. The molecule has 3 heterocycles. The minimum atomic E-state index is 0.544. The normalized spacial score (nSPS) is 20.1. The third-order valence-corrected chi connectivity index (χ3v) is 4.67. The Hall–Kier alpha value is -1.36. The van der Waals surface area contributed by atoms with Crippen LogP contribution in [0.4, 0.5) is 5.82 Å². The third-order valence-electron chi connectivity index (χ3n) is 3.91. The largest absolute Gasteiger partial charge is 0.352 e. The number of rotatable bonds is 4. The summed E-state index contributed by atoms with van der Waals surface area (Å²) in [5, 5.41) is 1.97. The number of carbonyl (C=O) groups excluding carboxylic acids is 1. The Kier molecular flexibility index (Phi) is 3.55. The van der Waals surface area contributed by atoms with Gasteiger partial charge in [0.15, 0.2) is 17.1 Å². The second kappa shape index (κ2) is 5.33. The molecule has 2 aromatic heterocycles. The van der Waals surface area contributed by atoms with Gasteiger partial charge in [0.1, 0.15) is 5.69 Å². The van der Waals surface area contributed by atoms with Crippen LogP contribution in [0.2, 0.25) is 0 Å². The quantitative estimate of drug-likeness (QED) is 0.804. The zero-order valence-electron chi connectivity index (χ0n) is 11.2. The molecule has 0 radical (unpaired) electrons. The molecule has 0 aliphatic carbocycles. The summed E-state index contributed by atoms with van der Waals surface area (Å²) < 4.78 is 1.91. The van der Waals surface area contributed by atoms with E-state index in [4.69, 9.17) is 0 Å². The van der Waals surface area contributed by atoms with Crippen LogP contribution in [0.25, 0.3) is 4.96 Å². The molecular formula is C14H19N3OS. The first-order valence-electron chi connectivity index (χ1n) is 7.02. The molecule has 0 bridgehead atoms. The first-order chi connectivity index (χ1) is 9.35. The predicted molar refractivity (Wildman–Crippen MR) is 78.3 cm³/mol. The molecular weight excluding hydrogens is 258 g/mol. The van der Waals surface area contributed by atoms with E-state index < -0.39 is 0 Å². The molecule has 1 saturated heterocycles. The van der Waals surface area contributed by atoms with Crippen LogP contribution in [-0.4, -0.2) is 28.3 Å². The van der Waals surface area contributed by atoms with Gasteiger partial charge in [-0.1, -0.05) is 13.3 Å². The van der Waals surface area contributed by atoms with Gasteiger partial charge in [0.05, 0.1) is 0 Å². The van der Waals surface area contributed by atoms with Crippen LogP contribution >= 0.6 is 11.3 Å². The molecule has 1 aliphatic heterocycles. The Morgan fingerprint density at radius 3 is 3.21 bits per heavy atom. The second-order valence-corrected chi connectivity index (χ2v) is 6.00. The molecule has 1 unspecified atom stereocenters. The van der Waals surface area contributed by atoms with Gasteiger partial charge in [-0.05, 0) is 25.7 Å². The maximum atomic E-state index is 11.4. The summed E-state index contributed by atoms with van der Waals surface area (Å²) >= 11 is 1.58. The van der Waals surface area contributed by atoms with E-state index in [1.54, 1.807) is 11.3 Å². The van der Waals surface area contributed by atoms with Crippen molar-refractivity contribution in [1.29, 1.82) is 0 Å². The van der Waals surface area contributed by atoms with Gasteiger partial charge >= 0.3 is 0 Å². The van der Waals surface area contributed by atoms with Gasteiger partial charge in [0, 0.05) is 24.2 Å². The van der Waals surface area contributed by atoms with Crippen molar-refractivity contribution in [3.8, 4) is 0 Å². The molecule has 0 N–H and O–H groups in total. The lowest BCUT2D eigenvalue weighted by Gasteiger charge is -2.36. The average Bonchev–Trinajstić information content (AvgIpc) is 2.99. The summed E-state index contributed by atoms with van der Waals surface area (Å²) in [7, 11) is 0. The molecule has 1 atom stereocenters. The molecule has 1 aliphatic rings. The number of carbonyl (C=O) groups is 1.